The summed E-state index contributed by atoms with van der Waals surface area (Å²) >= 11 is 3.99. The van der Waals surface area contributed by atoms with Gasteiger partial charge in [0.2, 0.25) is 11.8 Å². The molecule has 0 bridgehead atoms. The van der Waals surface area contributed by atoms with Gasteiger partial charge < -0.3 is 26.6 Å². The van der Waals surface area contributed by atoms with Crippen molar-refractivity contribution in [2.75, 3.05) is 5.75 Å². The molecule has 6 N–H and O–H groups in total. The zero-order valence-corrected chi connectivity index (χ0v) is 14.6. The van der Waals surface area contributed by atoms with Crippen molar-refractivity contribution in [3.05, 3.63) is 0 Å². The van der Waals surface area contributed by atoms with Crippen LogP contribution in [0.4, 0.5) is 0 Å². The first kappa shape index (κ1) is 22.2. The van der Waals surface area contributed by atoms with Crippen LogP contribution in [0, 0.1) is 5.92 Å². The Labute approximate surface area is 145 Å². The van der Waals surface area contributed by atoms with Gasteiger partial charge in [-0.3, -0.25) is 14.4 Å². The molecule has 9 nitrogen and oxygen atoms in total. The number of carbonyl (C=O) groups is 4. The van der Waals surface area contributed by atoms with E-state index in [0.717, 1.165) is 0 Å². The number of carboxylic acid groups (broad SMARTS) is 2. The Hall–Kier alpha value is -1.81. The summed E-state index contributed by atoms with van der Waals surface area (Å²) in [5, 5.41) is 22.5. The zero-order valence-electron chi connectivity index (χ0n) is 13.7. The fraction of sp³-hybridized carbons (Fsp3) is 0.714. The topological polar surface area (TPSA) is 159 Å². The molecular formula is C14H25N3O6S. The van der Waals surface area contributed by atoms with Gasteiger partial charge in [-0.1, -0.05) is 13.8 Å². The number of hydrogen-bond donors (Lipinski definition) is 6. The van der Waals surface area contributed by atoms with Crippen LogP contribution in [0.2, 0.25) is 0 Å². The van der Waals surface area contributed by atoms with Crippen LogP contribution in [-0.2, 0) is 19.2 Å². The van der Waals surface area contributed by atoms with E-state index >= 15 is 0 Å². The molecular weight excluding hydrogens is 338 g/mol. The van der Waals surface area contributed by atoms with E-state index in [1.165, 1.54) is 0 Å². The van der Waals surface area contributed by atoms with E-state index in [2.05, 4.69) is 23.3 Å². The molecule has 0 spiro atoms. The van der Waals surface area contributed by atoms with Crippen LogP contribution in [0.5, 0.6) is 0 Å². The third kappa shape index (κ3) is 8.16. The van der Waals surface area contributed by atoms with Gasteiger partial charge in [-0.05, 0) is 18.8 Å². The Morgan fingerprint density at radius 1 is 1.08 bits per heavy atom. The van der Waals surface area contributed by atoms with E-state index in [9.17, 15) is 19.2 Å². The summed E-state index contributed by atoms with van der Waals surface area (Å²) in [6, 6.07) is -3.08. The minimum absolute atomic E-state index is 0.00333. The minimum atomic E-state index is -1.16. The van der Waals surface area contributed by atoms with Gasteiger partial charge >= 0.3 is 11.9 Å². The summed E-state index contributed by atoms with van der Waals surface area (Å²) in [6.45, 7) is 3.30. The van der Waals surface area contributed by atoms with Crippen molar-refractivity contribution >= 4 is 36.4 Å². The number of carbonyl (C=O) groups excluding carboxylic acids is 2. The lowest BCUT2D eigenvalue weighted by molar-refractivity contribution is -0.143. The molecule has 0 aromatic rings. The number of rotatable bonds is 11. The van der Waals surface area contributed by atoms with Gasteiger partial charge in [-0.15, -0.1) is 0 Å². The SMILES string of the molecule is CC(C)C(NC(=O)C(CS)NC(=O)CCCC(N)C(=O)O)C(=O)O. The fourth-order valence-corrected chi connectivity index (χ4v) is 2.09. The number of amides is 2. The van der Waals surface area contributed by atoms with Crippen LogP contribution in [0.25, 0.3) is 0 Å². The largest absolute Gasteiger partial charge is 0.480 e. The van der Waals surface area contributed by atoms with Crippen molar-refractivity contribution in [2.45, 2.75) is 51.2 Å². The lowest BCUT2D eigenvalue weighted by Gasteiger charge is -2.22. The molecule has 10 heteroatoms. The normalized spacial score (nSPS) is 14.5. The summed E-state index contributed by atoms with van der Waals surface area (Å²) in [4.78, 5) is 45.5. The van der Waals surface area contributed by atoms with Crippen LogP contribution in [0.3, 0.4) is 0 Å². The molecule has 24 heavy (non-hydrogen) atoms. The summed E-state index contributed by atoms with van der Waals surface area (Å²) in [7, 11) is 0. The van der Waals surface area contributed by atoms with Gasteiger partial charge in [0.1, 0.15) is 18.1 Å². The Morgan fingerprint density at radius 3 is 2.08 bits per heavy atom. The highest BCUT2D eigenvalue weighted by molar-refractivity contribution is 7.80. The number of aliphatic carboxylic acids is 2. The number of nitrogens with one attached hydrogen (secondary N) is 2. The minimum Gasteiger partial charge on any atom is -0.480 e. The maximum absolute atomic E-state index is 12.1. The molecule has 0 aliphatic heterocycles. The molecule has 0 heterocycles. The summed E-state index contributed by atoms with van der Waals surface area (Å²) in [5.41, 5.74) is 5.33. The number of carboxylic acids is 2. The maximum atomic E-state index is 12.1. The van der Waals surface area contributed by atoms with Crippen molar-refractivity contribution < 1.29 is 29.4 Å². The first-order valence-corrected chi connectivity index (χ1v) is 8.15. The molecule has 138 valence electrons. The van der Waals surface area contributed by atoms with Crippen molar-refractivity contribution in [1.29, 1.82) is 0 Å². The summed E-state index contributed by atoms with van der Waals surface area (Å²) in [5.74, 6) is -3.72. The molecule has 0 fully saturated rings. The predicted molar refractivity (Wildman–Crippen MR) is 89.7 cm³/mol. The lowest BCUT2D eigenvalue weighted by Crippen LogP contribution is -2.53. The number of thiol groups is 1. The number of hydrogen-bond acceptors (Lipinski definition) is 6. The van der Waals surface area contributed by atoms with Crippen molar-refractivity contribution in [2.24, 2.45) is 11.7 Å². The molecule has 0 saturated carbocycles. The predicted octanol–water partition coefficient (Wildman–Crippen LogP) is -0.791. The Bertz CT molecular complexity index is 471. The standard InChI is InChI=1S/C14H25N3O6S/c1-7(2)11(14(22)23)17-12(19)9(6-24)16-10(18)5-3-4-8(15)13(20)21/h7-9,11,24H,3-6,15H2,1-2H3,(H,16,18)(H,17,19)(H,20,21)(H,22,23). The second-order valence-corrected chi connectivity index (χ2v) is 6.07. The van der Waals surface area contributed by atoms with Crippen molar-refractivity contribution in [3.63, 3.8) is 0 Å². The smallest absolute Gasteiger partial charge is 0.326 e. The van der Waals surface area contributed by atoms with Crippen molar-refractivity contribution in [1.82, 2.24) is 10.6 Å². The molecule has 0 aliphatic rings. The van der Waals surface area contributed by atoms with Gasteiger partial charge in [0.05, 0.1) is 0 Å². The van der Waals surface area contributed by atoms with E-state index < -0.39 is 41.9 Å². The molecule has 0 rings (SSSR count). The van der Waals surface area contributed by atoms with Crippen LogP contribution in [-0.4, -0.2) is 57.8 Å². The highest BCUT2D eigenvalue weighted by Crippen LogP contribution is 2.04. The van der Waals surface area contributed by atoms with Crippen molar-refractivity contribution in [3.8, 4) is 0 Å². The third-order valence-corrected chi connectivity index (χ3v) is 3.67. The Kier molecular flexibility index (Phi) is 10.0. The van der Waals surface area contributed by atoms with Gasteiger partial charge in [0.25, 0.3) is 0 Å². The molecule has 2 amide bonds. The van der Waals surface area contributed by atoms with E-state index in [1.54, 1.807) is 13.8 Å². The zero-order chi connectivity index (χ0) is 18.9. The molecule has 0 aromatic heterocycles. The van der Waals surface area contributed by atoms with Gasteiger partial charge in [-0.2, -0.15) is 12.6 Å². The Morgan fingerprint density at radius 2 is 1.67 bits per heavy atom. The highest BCUT2D eigenvalue weighted by atomic mass is 32.1. The first-order valence-electron chi connectivity index (χ1n) is 7.51. The van der Waals surface area contributed by atoms with E-state index in [0.29, 0.717) is 0 Å². The van der Waals surface area contributed by atoms with Gasteiger partial charge in [0, 0.05) is 12.2 Å². The quantitative estimate of drug-likeness (QED) is 0.262. The average Bonchev–Trinajstić information content (AvgIpc) is 2.48. The lowest BCUT2D eigenvalue weighted by atomic mass is 10.0. The van der Waals surface area contributed by atoms with Crippen LogP contribution in [0.15, 0.2) is 0 Å². The first-order chi connectivity index (χ1) is 11.1. The average molecular weight is 363 g/mol. The second kappa shape index (κ2) is 10.9. The molecule has 0 saturated heterocycles. The summed E-state index contributed by atoms with van der Waals surface area (Å²) in [6.07, 6.45) is 0.393. The molecule has 0 aromatic carbocycles. The van der Waals surface area contributed by atoms with Gasteiger partial charge in [0.15, 0.2) is 0 Å². The monoisotopic (exact) mass is 363 g/mol. The number of nitrogens with two attached hydrogens (primary N) is 1. The Balaban J connectivity index is 4.47. The molecule has 3 unspecified atom stereocenters. The molecule has 0 radical (unpaired) electrons. The van der Waals surface area contributed by atoms with E-state index in [1.807, 2.05) is 0 Å². The van der Waals surface area contributed by atoms with E-state index in [4.69, 9.17) is 15.9 Å². The second-order valence-electron chi connectivity index (χ2n) is 5.71. The molecule has 0 aliphatic carbocycles. The fourth-order valence-electron chi connectivity index (χ4n) is 1.83. The highest BCUT2D eigenvalue weighted by Gasteiger charge is 2.27. The van der Waals surface area contributed by atoms with E-state index in [-0.39, 0.29) is 30.9 Å². The summed E-state index contributed by atoms with van der Waals surface area (Å²) < 4.78 is 0. The van der Waals surface area contributed by atoms with Gasteiger partial charge in [-0.25, -0.2) is 4.79 Å². The maximum Gasteiger partial charge on any atom is 0.326 e. The van der Waals surface area contributed by atoms with Crippen LogP contribution >= 0.6 is 12.6 Å². The molecule has 3 atom stereocenters. The van der Waals surface area contributed by atoms with Crippen LogP contribution in [0.1, 0.15) is 33.1 Å². The third-order valence-electron chi connectivity index (χ3n) is 3.30. The van der Waals surface area contributed by atoms with Crippen LogP contribution < -0.4 is 16.4 Å².